The lowest BCUT2D eigenvalue weighted by atomic mass is 10.2. The van der Waals surface area contributed by atoms with Crippen molar-refractivity contribution in [3.8, 4) is 0 Å². The number of H-pyrrole nitrogens is 1. The summed E-state index contributed by atoms with van der Waals surface area (Å²) in [6.07, 6.45) is 2.28. The molecule has 1 aliphatic rings. The average molecular weight is 317 g/mol. The number of nitrogens with one attached hydrogen (secondary N) is 1. The second-order valence-corrected chi connectivity index (χ2v) is 6.15. The summed E-state index contributed by atoms with van der Waals surface area (Å²) in [5.41, 5.74) is 1.95. The van der Waals surface area contributed by atoms with Gasteiger partial charge in [-0.2, -0.15) is 4.98 Å². The van der Waals surface area contributed by atoms with E-state index in [-0.39, 0.29) is 6.10 Å². The summed E-state index contributed by atoms with van der Waals surface area (Å²) in [5, 5.41) is 0. The average Bonchev–Trinajstić information content (AvgIpc) is 3.20. The molecule has 4 rings (SSSR count). The first-order valence-corrected chi connectivity index (χ1v) is 7.78. The van der Waals surface area contributed by atoms with Crippen molar-refractivity contribution in [2.24, 2.45) is 7.05 Å². The van der Waals surface area contributed by atoms with Crippen molar-refractivity contribution in [1.82, 2.24) is 23.5 Å². The van der Waals surface area contributed by atoms with E-state index >= 15 is 0 Å². The van der Waals surface area contributed by atoms with Gasteiger partial charge in [0.15, 0.2) is 11.2 Å². The number of hydrogen-bond donors (Lipinski definition) is 1. The summed E-state index contributed by atoms with van der Waals surface area (Å²) >= 11 is 0. The molecule has 0 aromatic carbocycles. The molecule has 23 heavy (non-hydrogen) atoms. The Labute approximate surface area is 131 Å². The van der Waals surface area contributed by atoms with Crippen LogP contribution in [0.1, 0.15) is 24.2 Å². The predicted octanol–water partition coefficient (Wildman–Crippen LogP) is 0.472. The van der Waals surface area contributed by atoms with Crippen molar-refractivity contribution < 1.29 is 4.74 Å². The van der Waals surface area contributed by atoms with E-state index in [1.807, 2.05) is 18.2 Å². The van der Waals surface area contributed by atoms with Crippen LogP contribution in [-0.4, -0.2) is 36.2 Å². The van der Waals surface area contributed by atoms with Crippen molar-refractivity contribution in [2.75, 3.05) is 6.61 Å². The minimum Gasteiger partial charge on any atom is -0.376 e. The largest absolute Gasteiger partial charge is 0.376 e. The predicted molar refractivity (Wildman–Crippen MR) is 85.0 cm³/mol. The number of hydrogen-bond acceptors (Lipinski definition) is 4. The fourth-order valence-corrected chi connectivity index (χ4v) is 3.39. The summed E-state index contributed by atoms with van der Waals surface area (Å²) in [4.78, 5) is 31.0. The molecular formula is C15H19N5O3. The van der Waals surface area contributed by atoms with Gasteiger partial charge in [-0.05, 0) is 26.7 Å². The highest BCUT2D eigenvalue weighted by Gasteiger charge is 2.23. The van der Waals surface area contributed by atoms with E-state index in [4.69, 9.17) is 4.74 Å². The molecule has 0 aliphatic carbocycles. The summed E-state index contributed by atoms with van der Waals surface area (Å²) in [6.45, 7) is 5.48. The minimum atomic E-state index is -0.455. The van der Waals surface area contributed by atoms with Gasteiger partial charge in [0.25, 0.3) is 5.56 Å². The summed E-state index contributed by atoms with van der Waals surface area (Å²) in [6, 6.07) is 0. The van der Waals surface area contributed by atoms with Gasteiger partial charge in [-0.1, -0.05) is 0 Å². The lowest BCUT2D eigenvalue weighted by Crippen LogP contribution is -2.28. The lowest BCUT2D eigenvalue weighted by Gasteiger charge is -2.12. The number of aromatic nitrogens is 5. The Morgan fingerprint density at radius 1 is 1.30 bits per heavy atom. The molecule has 0 radical (unpaired) electrons. The lowest BCUT2D eigenvalue weighted by molar-refractivity contribution is 0.0974. The molecule has 0 saturated carbocycles. The first-order chi connectivity index (χ1) is 11.0. The molecule has 0 amide bonds. The first kappa shape index (κ1) is 14.3. The molecular weight excluding hydrogens is 298 g/mol. The molecule has 4 heterocycles. The third-order valence-corrected chi connectivity index (χ3v) is 4.81. The van der Waals surface area contributed by atoms with Crippen molar-refractivity contribution in [2.45, 2.75) is 39.3 Å². The van der Waals surface area contributed by atoms with Gasteiger partial charge in [-0.15, -0.1) is 0 Å². The van der Waals surface area contributed by atoms with Crippen LogP contribution in [0.15, 0.2) is 9.59 Å². The zero-order chi connectivity index (χ0) is 16.3. The Morgan fingerprint density at radius 2 is 2.09 bits per heavy atom. The Kier molecular flexibility index (Phi) is 2.99. The Balaban J connectivity index is 2.04. The molecule has 1 fully saturated rings. The van der Waals surface area contributed by atoms with E-state index in [0.717, 1.165) is 30.8 Å². The summed E-state index contributed by atoms with van der Waals surface area (Å²) < 4.78 is 11.0. The molecule has 1 aliphatic heterocycles. The summed E-state index contributed by atoms with van der Waals surface area (Å²) in [7, 11) is 1.61. The van der Waals surface area contributed by atoms with Gasteiger partial charge >= 0.3 is 5.69 Å². The fourth-order valence-electron chi connectivity index (χ4n) is 3.39. The molecule has 122 valence electrons. The molecule has 0 bridgehead atoms. The van der Waals surface area contributed by atoms with Crippen molar-refractivity contribution in [3.63, 3.8) is 0 Å². The molecule has 1 saturated heterocycles. The SMILES string of the molecule is Cc1c(C)n2c3c(=O)[nH]c(=O)n(C)c3nc2n1C[C@@H]1CCCO1. The monoisotopic (exact) mass is 317 g/mol. The molecule has 3 aromatic rings. The molecule has 1 atom stereocenters. The van der Waals surface area contributed by atoms with E-state index in [9.17, 15) is 9.59 Å². The number of aromatic amines is 1. The van der Waals surface area contributed by atoms with Gasteiger partial charge in [0, 0.05) is 25.0 Å². The maximum atomic E-state index is 12.3. The highest BCUT2D eigenvalue weighted by molar-refractivity contribution is 5.76. The molecule has 0 spiro atoms. The summed E-state index contributed by atoms with van der Waals surface area (Å²) in [5.74, 6) is 0.678. The topological polar surface area (TPSA) is 86.3 Å². The van der Waals surface area contributed by atoms with Crippen LogP contribution in [-0.2, 0) is 18.3 Å². The fraction of sp³-hybridized carbons (Fsp3) is 0.533. The normalized spacial score (nSPS) is 18.5. The van der Waals surface area contributed by atoms with Crippen LogP contribution in [0.5, 0.6) is 0 Å². The maximum absolute atomic E-state index is 12.3. The molecule has 1 N–H and O–H groups in total. The van der Waals surface area contributed by atoms with E-state index in [0.29, 0.717) is 23.5 Å². The Bertz CT molecular complexity index is 1030. The van der Waals surface area contributed by atoms with Gasteiger partial charge in [0.05, 0.1) is 12.6 Å². The quantitative estimate of drug-likeness (QED) is 0.744. The molecule has 8 nitrogen and oxygen atoms in total. The first-order valence-electron chi connectivity index (χ1n) is 7.78. The van der Waals surface area contributed by atoms with Crippen LogP contribution in [0, 0.1) is 13.8 Å². The van der Waals surface area contributed by atoms with E-state index in [1.165, 1.54) is 4.57 Å². The van der Waals surface area contributed by atoms with Crippen LogP contribution in [0.4, 0.5) is 0 Å². The third-order valence-electron chi connectivity index (χ3n) is 4.81. The number of fused-ring (bicyclic) bond motifs is 3. The number of ether oxygens (including phenoxy) is 1. The second kappa shape index (κ2) is 4.82. The second-order valence-electron chi connectivity index (χ2n) is 6.15. The van der Waals surface area contributed by atoms with Crippen LogP contribution in [0.3, 0.4) is 0 Å². The van der Waals surface area contributed by atoms with Gasteiger partial charge in [-0.3, -0.25) is 18.7 Å². The van der Waals surface area contributed by atoms with Crippen molar-refractivity contribution >= 4 is 16.9 Å². The molecule has 0 unspecified atom stereocenters. The Hall–Kier alpha value is -2.35. The zero-order valence-electron chi connectivity index (χ0n) is 13.4. The Morgan fingerprint density at radius 3 is 2.78 bits per heavy atom. The molecule has 8 heteroatoms. The van der Waals surface area contributed by atoms with Crippen LogP contribution >= 0.6 is 0 Å². The highest BCUT2D eigenvalue weighted by Crippen LogP contribution is 2.23. The van der Waals surface area contributed by atoms with Gasteiger partial charge < -0.3 is 9.30 Å². The number of rotatable bonds is 2. The van der Waals surface area contributed by atoms with E-state index in [1.54, 1.807) is 7.05 Å². The van der Waals surface area contributed by atoms with Gasteiger partial charge in [-0.25, -0.2) is 4.79 Å². The van der Waals surface area contributed by atoms with Gasteiger partial charge in [0.2, 0.25) is 5.78 Å². The molecule has 3 aromatic heterocycles. The minimum absolute atomic E-state index is 0.172. The number of nitrogens with zero attached hydrogens (tertiary/aromatic N) is 4. The number of aryl methyl sites for hydroxylation is 2. The van der Waals surface area contributed by atoms with Crippen molar-refractivity contribution in [3.05, 3.63) is 32.2 Å². The standard InChI is InChI=1S/C15H19N5O3/c1-8-9(2)20-11-12(18(3)15(22)17-13(11)21)16-14(20)19(8)7-10-5-4-6-23-10/h10H,4-7H2,1-3H3,(H,17,21,22)/t10-/m0/s1. The third kappa shape index (κ3) is 1.91. The van der Waals surface area contributed by atoms with E-state index in [2.05, 4.69) is 14.5 Å². The highest BCUT2D eigenvalue weighted by atomic mass is 16.5. The van der Waals surface area contributed by atoms with Crippen molar-refractivity contribution in [1.29, 1.82) is 0 Å². The zero-order valence-corrected chi connectivity index (χ0v) is 13.4. The number of imidazole rings is 2. The van der Waals surface area contributed by atoms with Crippen LogP contribution in [0.2, 0.25) is 0 Å². The van der Waals surface area contributed by atoms with Gasteiger partial charge in [0.1, 0.15) is 0 Å². The smallest absolute Gasteiger partial charge is 0.329 e. The van der Waals surface area contributed by atoms with Crippen LogP contribution in [0.25, 0.3) is 16.9 Å². The maximum Gasteiger partial charge on any atom is 0.329 e. The van der Waals surface area contributed by atoms with E-state index < -0.39 is 11.2 Å². The van der Waals surface area contributed by atoms with Crippen LogP contribution < -0.4 is 11.2 Å².